The molecule has 6 heteroatoms. The zero-order valence-electron chi connectivity index (χ0n) is 10.2. The first-order valence-electron chi connectivity index (χ1n) is 6.01. The predicted octanol–water partition coefficient (Wildman–Crippen LogP) is 2.48. The lowest BCUT2D eigenvalue weighted by atomic mass is 10.1. The molecule has 0 aliphatic heterocycles. The third-order valence-corrected chi connectivity index (χ3v) is 3.11. The second kappa shape index (κ2) is 4.06. The molecule has 0 N–H and O–H groups in total. The monoisotopic (exact) mass is 265 g/mol. The summed E-state index contributed by atoms with van der Waals surface area (Å²) in [7, 11) is 0. The summed E-state index contributed by atoms with van der Waals surface area (Å²) < 4.78 is 14.7. The van der Waals surface area contributed by atoms with Gasteiger partial charge in [-0.3, -0.25) is 4.98 Å². The average molecular weight is 265 g/mol. The van der Waals surface area contributed by atoms with Gasteiger partial charge in [0.05, 0.1) is 5.52 Å². The molecule has 3 heterocycles. The van der Waals surface area contributed by atoms with E-state index in [-0.39, 0.29) is 5.82 Å². The molecule has 0 radical (unpaired) electrons. The zero-order chi connectivity index (χ0) is 13.5. The van der Waals surface area contributed by atoms with Crippen LogP contribution in [-0.2, 0) is 0 Å². The minimum Gasteiger partial charge on any atom is -0.256 e. The standard InChI is InChI=1S/C14H8FN5/c15-12-2-1-9-3-10(5-16-13(9)4-12)11-6-17-14-18-8-19-20(14)7-11/h1-8H. The van der Waals surface area contributed by atoms with E-state index in [1.54, 1.807) is 23.0 Å². The van der Waals surface area contributed by atoms with Gasteiger partial charge in [0.15, 0.2) is 0 Å². The largest absolute Gasteiger partial charge is 0.256 e. The number of nitrogens with zero attached hydrogens (tertiary/aromatic N) is 5. The number of hydrogen-bond acceptors (Lipinski definition) is 4. The first kappa shape index (κ1) is 11.0. The highest BCUT2D eigenvalue weighted by Gasteiger charge is 2.05. The summed E-state index contributed by atoms with van der Waals surface area (Å²) in [4.78, 5) is 12.5. The summed E-state index contributed by atoms with van der Waals surface area (Å²) in [6.07, 6.45) is 6.70. The van der Waals surface area contributed by atoms with E-state index in [4.69, 9.17) is 0 Å². The molecule has 0 spiro atoms. The van der Waals surface area contributed by atoms with Crippen LogP contribution in [0.1, 0.15) is 0 Å². The number of hydrogen-bond donors (Lipinski definition) is 0. The van der Waals surface area contributed by atoms with E-state index in [1.807, 2.05) is 12.3 Å². The van der Waals surface area contributed by atoms with Crippen molar-refractivity contribution >= 4 is 16.7 Å². The number of rotatable bonds is 1. The molecule has 0 bridgehead atoms. The average Bonchev–Trinajstić information content (AvgIpc) is 2.94. The molecule has 1 aromatic carbocycles. The van der Waals surface area contributed by atoms with Crippen molar-refractivity contribution in [2.75, 3.05) is 0 Å². The van der Waals surface area contributed by atoms with Crippen molar-refractivity contribution < 1.29 is 4.39 Å². The molecule has 3 aromatic heterocycles. The number of fused-ring (bicyclic) bond motifs is 2. The third kappa shape index (κ3) is 1.70. The molecule has 4 aromatic rings. The first-order valence-corrected chi connectivity index (χ1v) is 6.01. The summed E-state index contributed by atoms with van der Waals surface area (Å²) >= 11 is 0. The quantitative estimate of drug-likeness (QED) is 0.530. The molecule has 0 amide bonds. The number of aromatic nitrogens is 5. The molecule has 0 saturated heterocycles. The van der Waals surface area contributed by atoms with Gasteiger partial charge in [0, 0.05) is 41.2 Å². The van der Waals surface area contributed by atoms with Crippen LogP contribution in [0.4, 0.5) is 4.39 Å². The van der Waals surface area contributed by atoms with Gasteiger partial charge in [-0.2, -0.15) is 10.1 Å². The molecule has 96 valence electrons. The fourth-order valence-electron chi connectivity index (χ4n) is 2.12. The maximum atomic E-state index is 13.1. The fraction of sp³-hybridized carbons (Fsp3) is 0. The fourth-order valence-corrected chi connectivity index (χ4v) is 2.12. The van der Waals surface area contributed by atoms with E-state index in [0.29, 0.717) is 11.3 Å². The van der Waals surface area contributed by atoms with Crippen LogP contribution in [0.2, 0.25) is 0 Å². The van der Waals surface area contributed by atoms with E-state index in [2.05, 4.69) is 20.1 Å². The summed E-state index contributed by atoms with van der Waals surface area (Å²) in [6, 6.07) is 6.49. The Bertz CT molecular complexity index is 931. The van der Waals surface area contributed by atoms with Crippen LogP contribution in [0.5, 0.6) is 0 Å². The topological polar surface area (TPSA) is 56.0 Å². The molecular weight excluding hydrogens is 257 g/mol. The molecule has 0 unspecified atom stereocenters. The summed E-state index contributed by atoms with van der Waals surface area (Å²) in [5, 5.41) is 4.93. The Labute approximate surface area is 112 Å². The van der Waals surface area contributed by atoms with Crippen molar-refractivity contribution in [2.24, 2.45) is 0 Å². The van der Waals surface area contributed by atoms with Gasteiger partial charge in [-0.15, -0.1) is 0 Å². The highest BCUT2D eigenvalue weighted by Crippen LogP contribution is 2.22. The van der Waals surface area contributed by atoms with Crippen molar-refractivity contribution in [1.82, 2.24) is 24.6 Å². The highest BCUT2D eigenvalue weighted by molar-refractivity contribution is 5.83. The smallest absolute Gasteiger partial charge is 0.252 e. The summed E-state index contributed by atoms with van der Waals surface area (Å²) in [6.45, 7) is 0. The van der Waals surface area contributed by atoms with Crippen molar-refractivity contribution in [1.29, 1.82) is 0 Å². The van der Waals surface area contributed by atoms with Crippen molar-refractivity contribution in [2.45, 2.75) is 0 Å². The Balaban J connectivity index is 1.90. The lowest BCUT2D eigenvalue weighted by molar-refractivity contribution is 0.629. The highest BCUT2D eigenvalue weighted by atomic mass is 19.1. The maximum Gasteiger partial charge on any atom is 0.252 e. The first-order chi connectivity index (χ1) is 9.79. The predicted molar refractivity (Wildman–Crippen MR) is 71.5 cm³/mol. The van der Waals surface area contributed by atoms with Crippen LogP contribution in [0.15, 0.2) is 49.2 Å². The van der Waals surface area contributed by atoms with Gasteiger partial charge in [0.2, 0.25) is 0 Å². The van der Waals surface area contributed by atoms with Crippen molar-refractivity contribution in [3.63, 3.8) is 0 Å². The van der Waals surface area contributed by atoms with E-state index < -0.39 is 0 Å². The number of benzene rings is 1. The molecule has 5 nitrogen and oxygen atoms in total. The molecule has 0 saturated carbocycles. The Kier molecular flexibility index (Phi) is 2.23. The van der Waals surface area contributed by atoms with E-state index >= 15 is 0 Å². The van der Waals surface area contributed by atoms with Gasteiger partial charge >= 0.3 is 0 Å². The molecule has 0 aliphatic rings. The molecule has 20 heavy (non-hydrogen) atoms. The lowest BCUT2D eigenvalue weighted by Crippen LogP contribution is -1.92. The molecule has 0 atom stereocenters. The Morgan fingerprint density at radius 1 is 0.950 bits per heavy atom. The van der Waals surface area contributed by atoms with E-state index in [0.717, 1.165) is 16.5 Å². The minimum absolute atomic E-state index is 0.288. The van der Waals surface area contributed by atoms with Gasteiger partial charge in [-0.25, -0.2) is 13.9 Å². The normalized spacial score (nSPS) is 11.2. The van der Waals surface area contributed by atoms with Crippen LogP contribution in [0.3, 0.4) is 0 Å². The van der Waals surface area contributed by atoms with Crippen LogP contribution in [-0.4, -0.2) is 24.6 Å². The molecular formula is C14H8FN5. The van der Waals surface area contributed by atoms with Crippen LogP contribution >= 0.6 is 0 Å². The Hall–Kier alpha value is -2.89. The lowest BCUT2D eigenvalue weighted by Gasteiger charge is -2.03. The maximum absolute atomic E-state index is 13.1. The Morgan fingerprint density at radius 2 is 1.85 bits per heavy atom. The minimum atomic E-state index is -0.288. The van der Waals surface area contributed by atoms with Gasteiger partial charge in [0.1, 0.15) is 12.1 Å². The number of halogens is 1. The van der Waals surface area contributed by atoms with E-state index in [9.17, 15) is 4.39 Å². The van der Waals surface area contributed by atoms with Crippen LogP contribution in [0, 0.1) is 5.82 Å². The van der Waals surface area contributed by atoms with Crippen LogP contribution < -0.4 is 0 Å². The SMILES string of the molecule is Fc1ccc2cc(-c3cnc4ncnn4c3)cnc2c1. The zero-order valence-corrected chi connectivity index (χ0v) is 10.2. The van der Waals surface area contributed by atoms with Gasteiger partial charge < -0.3 is 0 Å². The number of pyridine rings is 1. The summed E-state index contributed by atoms with van der Waals surface area (Å²) in [5.74, 6) is 0.257. The van der Waals surface area contributed by atoms with E-state index in [1.165, 1.54) is 18.5 Å². The second-order valence-corrected chi connectivity index (χ2v) is 4.41. The van der Waals surface area contributed by atoms with Gasteiger partial charge in [-0.1, -0.05) is 0 Å². The third-order valence-electron chi connectivity index (χ3n) is 3.11. The van der Waals surface area contributed by atoms with Gasteiger partial charge in [0.25, 0.3) is 5.78 Å². The molecule has 4 rings (SSSR count). The van der Waals surface area contributed by atoms with Crippen molar-refractivity contribution in [3.8, 4) is 11.1 Å². The molecule has 0 fully saturated rings. The molecule has 0 aliphatic carbocycles. The Morgan fingerprint density at radius 3 is 2.80 bits per heavy atom. The van der Waals surface area contributed by atoms with Crippen molar-refractivity contribution in [3.05, 3.63) is 55.0 Å². The van der Waals surface area contributed by atoms with Gasteiger partial charge in [-0.05, 0) is 18.2 Å². The summed E-state index contributed by atoms with van der Waals surface area (Å²) in [5.41, 5.74) is 2.40. The van der Waals surface area contributed by atoms with Crippen LogP contribution in [0.25, 0.3) is 27.8 Å². The second-order valence-electron chi connectivity index (χ2n) is 4.41.